The smallest absolute Gasteiger partial charge is 0.317 e. The second-order valence-corrected chi connectivity index (χ2v) is 10.2. The van der Waals surface area contributed by atoms with E-state index < -0.39 is 15.1 Å². The van der Waals surface area contributed by atoms with Crippen LogP contribution in [0.4, 0.5) is 10.5 Å². The molecule has 0 spiro atoms. The van der Waals surface area contributed by atoms with E-state index in [0.717, 1.165) is 43.6 Å². The van der Waals surface area contributed by atoms with Crippen LogP contribution in [0.25, 0.3) is 0 Å². The number of hydrogen-bond acceptors (Lipinski definition) is 4. The normalized spacial score (nSPS) is 15.5. The van der Waals surface area contributed by atoms with Gasteiger partial charge in [-0.05, 0) is 56.0 Å². The van der Waals surface area contributed by atoms with Gasteiger partial charge < -0.3 is 15.1 Å². The maximum atomic E-state index is 13.5. The predicted molar refractivity (Wildman–Crippen MR) is 121 cm³/mol. The van der Waals surface area contributed by atoms with E-state index in [-0.39, 0.29) is 17.5 Å². The van der Waals surface area contributed by atoms with Gasteiger partial charge in [-0.3, -0.25) is 0 Å². The quantitative estimate of drug-likeness (QED) is 0.759. The summed E-state index contributed by atoms with van der Waals surface area (Å²) in [5, 5.41) is 2.02. The molecule has 2 aromatic carbocycles. The molecule has 0 unspecified atom stereocenters. The third-order valence-electron chi connectivity index (χ3n) is 5.59. The van der Waals surface area contributed by atoms with Crippen molar-refractivity contribution >= 4 is 21.6 Å². The van der Waals surface area contributed by atoms with Gasteiger partial charge in [-0.2, -0.15) is 0 Å². The maximum Gasteiger partial charge on any atom is 0.317 e. The minimum atomic E-state index is -3.68. The molecule has 2 aromatic rings. The van der Waals surface area contributed by atoms with Gasteiger partial charge in [-0.25, -0.2) is 13.2 Å². The van der Waals surface area contributed by atoms with Gasteiger partial charge in [0.2, 0.25) is 0 Å². The molecular weight excluding hydrogens is 398 g/mol. The maximum absolute atomic E-state index is 13.5. The van der Waals surface area contributed by atoms with Crippen molar-refractivity contribution in [1.29, 1.82) is 0 Å². The molecule has 2 amide bonds. The summed E-state index contributed by atoms with van der Waals surface area (Å²) in [7, 11) is 0.201. The lowest BCUT2D eigenvalue weighted by Crippen LogP contribution is -2.44. The highest BCUT2D eigenvalue weighted by Gasteiger charge is 2.30. The highest BCUT2D eigenvalue weighted by atomic mass is 32.2. The van der Waals surface area contributed by atoms with E-state index >= 15 is 0 Å². The number of rotatable bonds is 6. The van der Waals surface area contributed by atoms with Crippen molar-refractivity contribution in [3.8, 4) is 0 Å². The lowest BCUT2D eigenvalue weighted by Gasteiger charge is -2.28. The molecule has 3 rings (SSSR count). The fourth-order valence-corrected chi connectivity index (χ4v) is 5.34. The molecule has 0 radical (unpaired) electrons. The average molecular weight is 430 g/mol. The molecule has 7 heteroatoms. The summed E-state index contributed by atoms with van der Waals surface area (Å²) >= 11 is 0. The third-order valence-corrected chi connectivity index (χ3v) is 7.70. The van der Waals surface area contributed by atoms with Gasteiger partial charge in [0.25, 0.3) is 0 Å². The number of benzene rings is 2. The van der Waals surface area contributed by atoms with Crippen LogP contribution in [-0.2, 0) is 9.84 Å². The van der Waals surface area contributed by atoms with Gasteiger partial charge in [-0.15, -0.1) is 0 Å². The number of piperidine rings is 1. The Morgan fingerprint density at radius 1 is 1.00 bits per heavy atom. The van der Waals surface area contributed by atoms with Crippen molar-refractivity contribution in [3.63, 3.8) is 0 Å². The van der Waals surface area contributed by atoms with Gasteiger partial charge in [0.05, 0.1) is 4.90 Å². The summed E-state index contributed by atoms with van der Waals surface area (Å²) in [6, 6.07) is 14.1. The summed E-state index contributed by atoms with van der Waals surface area (Å²) in [6.45, 7) is 3.40. The van der Waals surface area contributed by atoms with E-state index in [0.29, 0.717) is 5.56 Å². The van der Waals surface area contributed by atoms with Crippen LogP contribution < -0.4 is 10.2 Å². The largest absolute Gasteiger partial charge is 0.378 e. The average Bonchev–Trinajstić information content (AvgIpc) is 2.75. The number of nitrogens with zero attached hydrogens (tertiary/aromatic N) is 2. The lowest BCUT2D eigenvalue weighted by atomic mass is 10.1. The predicted octanol–water partition coefficient (Wildman–Crippen LogP) is 3.77. The fourth-order valence-electron chi connectivity index (χ4n) is 3.67. The molecule has 1 fully saturated rings. The molecule has 1 atom stereocenters. The monoisotopic (exact) mass is 429 g/mol. The minimum absolute atomic E-state index is 0.0346. The van der Waals surface area contributed by atoms with Crippen molar-refractivity contribution in [2.24, 2.45) is 0 Å². The molecule has 0 bridgehead atoms. The summed E-state index contributed by atoms with van der Waals surface area (Å²) < 4.78 is 27.0. The molecule has 162 valence electrons. The van der Waals surface area contributed by atoms with Gasteiger partial charge in [0.1, 0.15) is 5.25 Å². The van der Waals surface area contributed by atoms with Gasteiger partial charge in [0.15, 0.2) is 9.84 Å². The van der Waals surface area contributed by atoms with Crippen LogP contribution in [0.5, 0.6) is 0 Å². The first-order chi connectivity index (χ1) is 14.3. The Kier molecular flexibility index (Phi) is 7.02. The van der Waals surface area contributed by atoms with E-state index in [1.807, 2.05) is 50.2 Å². The number of carbonyl (C=O) groups is 1. The second kappa shape index (κ2) is 9.51. The zero-order valence-electron chi connectivity index (χ0n) is 18.0. The molecule has 1 N–H and O–H groups in total. The summed E-state index contributed by atoms with van der Waals surface area (Å²) in [4.78, 5) is 16.6. The van der Waals surface area contributed by atoms with Crippen LogP contribution in [0.15, 0.2) is 53.4 Å². The molecule has 0 aromatic heterocycles. The van der Waals surface area contributed by atoms with Crippen molar-refractivity contribution in [3.05, 3.63) is 59.7 Å². The lowest BCUT2D eigenvalue weighted by molar-refractivity contribution is 0.186. The van der Waals surface area contributed by atoms with Crippen molar-refractivity contribution in [1.82, 2.24) is 10.2 Å². The number of carbonyl (C=O) groups excluding carboxylic acids is 1. The first-order valence-corrected chi connectivity index (χ1v) is 11.9. The number of likely N-dealkylation sites (tertiary alicyclic amines) is 1. The molecule has 1 aliphatic rings. The highest BCUT2D eigenvalue weighted by Crippen LogP contribution is 2.30. The van der Waals surface area contributed by atoms with Crippen LogP contribution >= 0.6 is 0 Å². The van der Waals surface area contributed by atoms with Crippen molar-refractivity contribution in [2.75, 3.05) is 38.6 Å². The van der Waals surface area contributed by atoms with Crippen molar-refractivity contribution in [2.45, 2.75) is 36.3 Å². The zero-order valence-corrected chi connectivity index (χ0v) is 18.8. The van der Waals surface area contributed by atoms with Gasteiger partial charge in [0, 0.05) is 39.4 Å². The Morgan fingerprint density at radius 3 is 2.17 bits per heavy atom. The Bertz CT molecular complexity index is 948. The minimum Gasteiger partial charge on any atom is -0.378 e. The summed E-state index contributed by atoms with van der Waals surface area (Å²) in [5.41, 5.74) is 2.65. The Labute approximate surface area is 179 Å². The third kappa shape index (κ3) is 5.14. The molecule has 0 saturated carbocycles. The van der Waals surface area contributed by atoms with E-state index in [4.69, 9.17) is 0 Å². The summed E-state index contributed by atoms with van der Waals surface area (Å²) in [6.07, 6.45) is 3.11. The molecule has 0 aliphatic carbocycles. The Balaban J connectivity index is 1.87. The molecule has 6 nitrogen and oxygen atoms in total. The van der Waals surface area contributed by atoms with Crippen molar-refractivity contribution < 1.29 is 13.2 Å². The van der Waals surface area contributed by atoms with E-state index in [1.54, 1.807) is 29.2 Å². The number of urea groups is 1. The SMILES string of the molecule is Cc1ccc(S(=O)(=O)[C@H](CNC(=O)N2CCCCC2)c2ccc(N(C)C)cc2)cc1. The Hall–Kier alpha value is -2.54. The summed E-state index contributed by atoms with van der Waals surface area (Å²) in [5.74, 6) is 0. The molecule has 30 heavy (non-hydrogen) atoms. The first-order valence-electron chi connectivity index (χ1n) is 10.4. The van der Waals surface area contributed by atoms with Gasteiger partial charge >= 0.3 is 6.03 Å². The van der Waals surface area contributed by atoms with E-state index in [2.05, 4.69) is 5.32 Å². The topological polar surface area (TPSA) is 69.7 Å². The fraction of sp³-hybridized carbons (Fsp3) is 0.435. The van der Waals surface area contributed by atoms with Crippen LogP contribution in [0.1, 0.15) is 35.6 Å². The molecule has 1 heterocycles. The van der Waals surface area contributed by atoms with Crippen LogP contribution in [-0.4, -0.2) is 53.1 Å². The van der Waals surface area contributed by atoms with Crippen LogP contribution in [0.3, 0.4) is 0 Å². The van der Waals surface area contributed by atoms with Crippen LogP contribution in [0, 0.1) is 6.92 Å². The number of amides is 2. The number of aryl methyl sites for hydroxylation is 1. The number of sulfone groups is 1. The Morgan fingerprint density at radius 2 is 1.60 bits per heavy atom. The van der Waals surface area contributed by atoms with E-state index in [1.165, 1.54) is 0 Å². The van der Waals surface area contributed by atoms with Gasteiger partial charge in [-0.1, -0.05) is 29.8 Å². The highest BCUT2D eigenvalue weighted by molar-refractivity contribution is 7.91. The molecular formula is C23H31N3O3S. The first kappa shape index (κ1) is 22.2. The number of nitrogens with one attached hydrogen (secondary N) is 1. The van der Waals surface area contributed by atoms with E-state index in [9.17, 15) is 13.2 Å². The van der Waals surface area contributed by atoms with Crippen LogP contribution in [0.2, 0.25) is 0 Å². The molecule has 1 aliphatic heterocycles. The zero-order chi connectivity index (χ0) is 21.7. The second-order valence-electron chi connectivity index (χ2n) is 8.07. The number of hydrogen-bond donors (Lipinski definition) is 1. The number of anilines is 1. The molecule has 1 saturated heterocycles. The standard InChI is InChI=1S/C23H31N3O3S/c1-18-7-13-21(14-8-18)30(28,29)22(19-9-11-20(12-10-19)25(2)3)17-24-23(27)26-15-5-4-6-16-26/h7-14,22H,4-6,15-17H2,1-3H3,(H,24,27)/t22-/m1/s1.